The molecule has 1 atom stereocenters. The number of hydrogen-bond acceptors (Lipinski definition) is 5. The van der Waals surface area contributed by atoms with Crippen LogP contribution in [0.25, 0.3) is 0 Å². The Morgan fingerprint density at radius 2 is 2.00 bits per heavy atom. The van der Waals surface area contributed by atoms with Crippen molar-refractivity contribution in [1.29, 1.82) is 5.26 Å². The van der Waals surface area contributed by atoms with E-state index in [2.05, 4.69) is 6.92 Å². The van der Waals surface area contributed by atoms with Gasteiger partial charge in [0.2, 0.25) is 0 Å². The van der Waals surface area contributed by atoms with Crippen molar-refractivity contribution in [2.24, 2.45) is 5.73 Å². The van der Waals surface area contributed by atoms with Gasteiger partial charge in [-0.25, -0.2) is 12.7 Å². The van der Waals surface area contributed by atoms with Crippen LogP contribution < -0.4 is 5.73 Å². The van der Waals surface area contributed by atoms with Crippen LogP contribution in [0.15, 0.2) is 35.2 Å². The van der Waals surface area contributed by atoms with Gasteiger partial charge in [-0.1, -0.05) is 25.1 Å². The molecule has 1 amide bonds. The second-order valence-corrected chi connectivity index (χ2v) is 5.89. The second kappa shape index (κ2) is 7.03. The van der Waals surface area contributed by atoms with E-state index in [1.165, 1.54) is 12.1 Å². The summed E-state index contributed by atoms with van der Waals surface area (Å²) >= 11 is 0. The molecule has 0 heterocycles. The Morgan fingerprint density at radius 1 is 1.40 bits per heavy atom. The minimum Gasteiger partial charge on any atom is -0.320 e. The van der Waals surface area contributed by atoms with Gasteiger partial charge < -0.3 is 5.73 Å². The Labute approximate surface area is 118 Å². The number of benzene rings is 1. The summed E-state index contributed by atoms with van der Waals surface area (Å²) in [6.07, 6.45) is -0.0200. The van der Waals surface area contributed by atoms with E-state index >= 15 is 0 Å². The van der Waals surface area contributed by atoms with Crippen LogP contribution in [-0.2, 0) is 14.8 Å². The predicted molar refractivity (Wildman–Crippen MR) is 73.5 cm³/mol. The molecule has 107 valence electrons. The van der Waals surface area contributed by atoms with Crippen LogP contribution in [0.5, 0.6) is 0 Å². The topological polar surface area (TPSA) is 104 Å². The van der Waals surface area contributed by atoms with E-state index < -0.39 is 22.0 Å². The number of nitriles is 1. The number of carbonyl (C=O) groups excluding carboxylic acids is 1. The van der Waals surface area contributed by atoms with Crippen molar-refractivity contribution in [2.75, 3.05) is 6.54 Å². The predicted octanol–water partition coefficient (Wildman–Crippen LogP) is 0.669. The smallest absolute Gasteiger partial charge is 0.266 e. The van der Waals surface area contributed by atoms with E-state index in [1.807, 2.05) is 6.07 Å². The van der Waals surface area contributed by atoms with Crippen LogP contribution in [0, 0.1) is 18.3 Å². The van der Waals surface area contributed by atoms with E-state index in [-0.39, 0.29) is 24.3 Å². The molecule has 0 aromatic heterocycles. The van der Waals surface area contributed by atoms with Gasteiger partial charge in [0.05, 0.1) is 30.0 Å². The Balaban J connectivity index is 3.17. The Bertz CT molecular complexity index is 593. The zero-order valence-electron chi connectivity index (χ0n) is 10.9. The van der Waals surface area contributed by atoms with Crippen LogP contribution in [0.2, 0.25) is 0 Å². The van der Waals surface area contributed by atoms with Crippen molar-refractivity contribution >= 4 is 15.9 Å². The van der Waals surface area contributed by atoms with E-state index in [0.29, 0.717) is 4.31 Å². The first kappa shape index (κ1) is 16.1. The molecular formula is C13H16N3O3S. The molecule has 0 saturated heterocycles. The molecule has 20 heavy (non-hydrogen) atoms. The number of amides is 1. The highest BCUT2D eigenvalue weighted by atomic mass is 32.2. The Hall–Kier alpha value is -1.91. The highest BCUT2D eigenvalue weighted by Gasteiger charge is 2.31. The molecule has 0 bridgehead atoms. The average Bonchev–Trinajstić information content (AvgIpc) is 2.47. The summed E-state index contributed by atoms with van der Waals surface area (Å²) < 4.78 is 25.5. The summed E-state index contributed by atoms with van der Waals surface area (Å²) in [4.78, 5) is 12.1. The first-order valence-corrected chi connectivity index (χ1v) is 7.42. The van der Waals surface area contributed by atoms with Gasteiger partial charge in [0.1, 0.15) is 0 Å². The molecule has 6 nitrogen and oxygen atoms in total. The highest BCUT2D eigenvalue weighted by Crippen LogP contribution is 2.17. The summed E-state index contributed by atoms with van der Waals surface area (Å²) in [5.74, 6) is -0.751. The lowest BCUT2D eigenvalue weighted by molar-refractivity contribution is -0.127. The maximum atomic E-state index is 12.4. The first-order valence-electron chi connectivity index (χ1n) is 5.98. The lowest BCUT2D eigenvalue weighted by Gasteiger charge is -2.24. The van der Waals surface area contributed by atoms with Crippen LogP contribution in [0.3, 0.4) is 0 Å². The third-order valence-corrected chi connectivity index (χ3v) is 4.44. The monoisotopic (exact) mass is 294 g/mol. The number of nitrogens with zero attached hydrogens (tertiary/aromatic N) is 2. The van der Waals surface area contributed by atoms with E-state index in [9.17, 15) is 13.2 Å². The van der Waals surface area contributed by atoms with Crippen molar-refractivity contribution in [3.8, 4) is 6.07 Å². The summed E-state index contributed by atoms with van der Waals surface area (Å²) in [5.41, 5.74) is 5.56. The minimum absolute atomic E-state index is 0.0115. The largest absolute Gasteiger partial charge is 0.320 e. The van der Waals surface area contributed by atoms with Gasteiger partial charge >= 0.3 is 0 Å². The van der Waals surface area contributed by atoms with Gasteiger partial charge in [0.25, 0.3) is 15.9 Å². The van der Waals surface area contributed by atoms with Gasteiger partial charge in [-0.15, -0.1) is 0 Å². The summed E-state index contributed by atoms with van der Waals surface area (Å²) in [5, 5.41) is 8.60. The molecule has 1 rings (SSSR count). The number of rotatable bonds is 6. The number of sulfonamides is 1. The maximum Gasteiger partial charge on any atom is 0.266 e. The average molecular weight is 294 g/mol. The normalized spacial score (nSPS) is 12.4. The molecule has 0 fully saturated rings. The number of carbonyl (C=O) groups is 1. The van der Waals surface area contributed by atoms with Crippen LogP contribution in [-0.4, -0.2) is 31.2 Å². The molecule has 1 aromatic rings. The molecule has 0 saturated carbocycles. The van der Waals surface area contributed by atoms with Crippen LogP contribution in [0.1, 0.15) is 12.8 Å². The molecule has 1 unspecified atom stereocenters. The molecule has 0 aliphatic rings. The second-order valence-electron chi connectivity index (χ2n) is 4.03. The minimum atomic E-state index is -4.00. The standard InChI is InChI=1S/C13H16N3O3S/c1-2-12(15)13(17)16(10-6-9-14)20(18,19)11-7-4-3-5-8-11/h3-5,7-8,12H,1-2,6,10,15H2. The van der Waals surface area contributed by atoms with Gasteiger partial charge in [-0.05, 0) is 18.6 Å². The Morgan fingerprint density at radius 3 is 2.50 bits per heavy atom. The molecule has 1 radical (unpaired) electrons. The van der Waals surface area contributed by atoms with Crippen LogP contribution in [0.4, 0.5) is 0 Å². The van der Waals surface area contributed by atoms with Gasteiger partial charge in [-0.2, -0.15) is 5.26 Å². The maximum absolute atomic E-state index is 12.4. The first-order chi connectivity index (χ1) is 9.45. The lowest BCUT2D eigenvalue weighted by atomic mass is 10.2. The third-order valence-electron chi connectivity index (χ3n) is 2.63. The molecule has 0 spiro atoms. The zero-order chi connectivity index (χ0) is 15.2. The van der Waals surface area contributed by atoms with E-state index in [1.54, 1.807) is 18.2 Å². The highest BCUT2D eigenvalue weighted by molar-refractivity contribution is 7.89. The van der Waals surface area contributed by atoms with Crippen LogP contribution >= 0.6 is 0 Å². The molecular weight excluding hydrogens is 278 g/mol. The van der Waals surface area contributed by atoms with E-state index in [0.717, 1.165) is 0 Å². The van der Waals surface area contributed by atoms with E-state index in [4.69, 9.17) is 11.0 Å². The summed E-state index contributed by atoms with van der Waals surface area (Å²) in [6.45, 7) is 3.27. The fourth-order valence-electron chi connectivity index (χ4n) is 1.53. The SMILES string of the molecule is [CH2]CC(N)C(=O)N(CCC#N)S(=O)(=O)c1ccccc1. The molecule has 7 heteroatoms. The molecule has 1 aromatic carbocycles. The van der Waals surface area contributed by atoms with Crippen molar-refractivity contribution in [3.05, 3.63) is 37.3 Å². The van der Waals surface area contributed by atoms with Gasteiger partial charge in [0.15, 0.2) is 0 Å². The summed E-state index contributed by atoms with van der Waals surface area (Å²) in [7, 11) is -4.00. The Kier molecular flexibility index (Phi) is 5.67. The van der Waals surface area contributed by atoms with Crippen molar-refractivity contribution in [3.63, 3.8) is 0 Å². The molecule has 0 aliphatic heterocycles. The number of nitrogens with two attached hydrogens (primary N) is 1. The fraction of sp³-hybridized carbons (Fsp3) is 0.308. The quantitative estimate of drug-likeness (QED) is 0.830. The van der Waals surface area contributed by atoms with Crippen molar-refractivity contribution < 1.29 is 13.2 Å². The molecule has 2 N–H and O–H groups in total. The third kappa shape index (κ3) is 3.56. The fourth-order valence-corrected chi connectivity index (χ4v) is 2.99. The molecule has 0 aliphatic carbocycles. The van der Waals surface area contributed by atoms with Crippen molar-refractivity contribution in [1.82, 2.24) is 4.31 Å². The lowest BCUT2D eigenvalue weighted by Crippen LogP contribution is -2.46. The zero-order valence-corrected chi connectivity index (χ0v) is 11.7. The summed E-state index contributed by atoms with van der Waals surface area (Å²) in [6, 6.07) is 8.37. The van der Waals surface area contributed by atoms with Crippen molar-refractivity contribution in [2.45, 2.75) is 23.8 Å². The van der Waals surface area contributed by atoms with Gasteiger partial charge in [-0.3, -0.25) is 4.79 Å². The van der Waals surface area contributed by atoms with Gasteiger partial charge in [0, 0.05) is 0 Å². The number of hydrogen-bond donors (Lipinski definition) is 1.